The maximum Gasteiger partial charge on any atom is 0.245 e. The fourth-order valence-electron chi connectivity index (χ4n) is 2.77. The maximum atomic E-state index is 12.8. The second kappa shape index (κ2) is 8.43. The van der Waals surface area contributed by atoms with Crippen LogP contribution in [-0.4, -0.2) is 33.8 Å². The van der Waals surface area contributed by atoms with Gasteiger partial charge in [0, 0.05) is 31.1 Å². The number of carbonyl (C=O) groups excluding carboxylic acids is 2. The highest BCUT2D eigenvalue weighted by Crippen LogP contribution is 2.28. The van der Waals surface area contributed by atoms with Crippen molar-refractivity contribution in [3.05, 3.63) is 72.1 Å². The topological polar surface area (TPSA) is 62.3 Å². The average molecular weight is 349 g/mol. The Hall–Kier alpha value is -2.95. The zero-order valence-electron chi connectivity index (χ0n) is 14.8. The predicted octanol–water partition coefficient (Wildman–Crippen LogP) is 2.79. The van der Waals surface area contributed by atoms with Crippen LogP contribution in [0.3, 0.4) is 0 Å². The molecule has 0 aliphatic heterocycles. The average Bonchev–Trinajstić information content (AvgIpc) is 3.50. The van der Waals surface area contributed by atoms with Crippen LogP contribution in [0.1, 0.15) is 30.9 Å². The molecule has 1 N–H and O–H groups in total. The number of benzene rings is 1. The summed E-state index contributed by atoms with van der Waals surface area (Å²) in [5.41, 5.74) is 1.94. The number of pyridine rings is 1. The second-order valence-corrected chi connectivity index (χ2v) is 6.53. The predicted molar refractivity (Wildman–Crippen MR) is 101 cm³/mol. The molecule has 2 aromatic rings. The van der Waals surface area contributed by atoms with Crippen LogP contribution in [0.15, 0.2) is 60.9 Å². The molecule has 1 aliphatic rings. The van der Waals surface area contributed by atoms with Crippen LogP contribution >= 0.6 is 0 Å². The summed E-state index contributed by atoms with van der Waals surface area (Å²) in [6.45, 7) is 2.26. The van der Waals surface area contributed by atoms with E-state index in [1.807, 2.05) is 47.4 Å². The Morgan fingerprint density at radius 3 is 2.65 bits per heavy atom. The first-order chi connectivity index (χ1) is 12.6. The van der Waals surface area contributed by atoms with Gasteiger partial charge >= 0.3 is 0 Å². The minimum absolute atomic E-state index is 0.0576. The van der Waals surface area contributed by atoms with E-state index in [0.29, 0.717) is 6.54 Å². The van der Waals surface area contributed by atoms with Crippen LogP contribution in [0.5, 0.6) is 0 Å². The molecule has 134 valence electrons. The fourth-order valence-corrected chi connectivity index (χ4v) is 2.77. The summed E-state index contributed by atoms with van der Waals surface area (Å²) in [5.74, 6) is -0.329. The summed E-state index contributed by atoms with van der Waals surface area (Å²) in [6, 6.07) is 13.1. The number of nitrogens with one attached hydrogen (secondary N) is 1. The van der Waals surface area contributed by atoms with E-state index in [2.05, 4.69) is 10.3 Å². The molecule has 5 nitrogen and oxygen atoms in total. The van der Waals surface area contributed by atoms with E-state index < -0.39 is 6.04 Å². The molecular weight excluding hydrogens is 326 g/mol. The monoisotopic (exact) mass is 349 g/mol. The van der Waals surface area contributed by atoms with Crippen molar-refractivity contribution in [2.75, 3.05) is 0 Å². The number of aromatic nitrogens is 1. The third-order valence-corrected chi connectivity index (χ3v) is 4.30. The van der Waals surface area contributed by atoms with Gasteiger partial charge in [-0.2, -0.15) is 0 Å². The summed E-state index contributed by atoms with van der Waals surface area (Å²) in [4.78, 5) is 30.9. The van der Waals surface area contributed by atoms with Crippen LogP contribution in [0.2, 0.25) is 0 Å². The van der Waals surface area contributed by atoms with Crippen molar-refractivity contribution in [1.29, 1.82) is 0 Å². The van der Waals surface area contributed by atoms with Crippen molar-refractivity contribution >= 4 is 17.9 Å². The van der Waals surface area contributed by atoms with E-state index in [1.165, 1.54) is 6.08 Å². The normalized spacial score (nSPS) is 14.8. The number of amides is 2. The Balaban J connectivity index is 1.58. The molecule has 1 fully saturated rings. The second-order valence-electron chi connectivity index (χ2n) is 6.53. The Bertz CT molecular complexity index is 770. The zero-order valence-corrected chi connectivity index (χ0v) is 14.8. The van der Waals surface area contributed by atoms with Gasteiger partial charge in [-0.15, -0.1) is 0 Å². The summed E-state index contributed by atoms with van der Waals surface area (Å²) < 4.78 is 0. The minimum Gasteiger partial charge on any atom is -0.341 e. The summed E-state index contributed by atoms with van der Waals surface area (Å²) >= 11 is 0. The van der Waals surface area contributed by atoms with Crippen molar-refractivity contribution in [2.24, 2.45) is 0 Å². The first-order valence-electron chi connectivity index (χ1n) is 8.86. The van der Waals surface area contributed by atoms with Gasteiger partial charge in [-0.25, -0.2) is 0 Å². The third-order valence-electron chi connectivity index (χ3n) is 4.30. The van der Waals surface area contributed by atoms with Gasteiger partial charge in [0.25, 0.3) is 0 Å². The van der Waals surface area contributed by atoms with Crippen LogP contribution in [0.25, 0.3) is 6.08 Å². The van der Waals surface area contributed by atoms with Gasteiger partial charge in [-0.3, -0.25) is 14.6 Å². The highest BCUT2D eigenvalue weighted by atomic mass is 16.2. The molecule has 3 rings (SSSR count). The summed E-state index contributed by atoms with van der Waals surface area (Å²) in [6.07, 6.45) is 8.72. The molecule has 1 atom stereocenters. The molecule has 1 aromatic heterocycles. The highest BCUT2D eigenvalue weighted by molar-refractivity contribution is 5.95. The van der Waals surface area contributed by atoms with Gasteiger partial charge in [0.2, 0.25) is 11.8 Å². The number of nitrogens with zero attached hydrogens (tertiary/aromatic N) is 2. The van der Waals surface area contributed by atoms with E-state index in [9.17, 15) is 9.59 Å². The van der Waals surface area contributed by atoms with Gasteiger partial charge in [0.05, 0.1) is 0 Å². The molecule has 1 aliphatic carbocycles. The van der Waals surface area contributed by atoms with Crippen molar-refractivity contribution in [1.82, 2.24) is 15.2 Å². The SMILES string of the molecule is C[C@H](NC(=O)/C=C/c1ccccc1)C(=O)N(Cc1cccnc1)C1CC1. The van der Waals surface area contributed by atoms with Crippen LogP contribution in [0.4, 0.5) is 0 Å². The Kier molecular flexibility index (Phi) is 5.79. The number of hydrogen-bond donors (Lipinski definition) is 1. The first-order valence-corrected chi connectivity index (χ1v) is 8.86. The van der Waals surface area contributed by atoms with Crippen molar-refractivity contribution in [2.45, 2.75) is 38.4 Å². The molecule has 1 saturated carbocycles. The molecule has 1 aromatic carbocycles. The lowest BCUT2D eigenvalue weighted by atomic mass is 10.2. The van der Waals surface area contributed by atoms with Gasteiger partial charge in [0.15, 0.2) is 0 Å². The van der Waals surface area contributed by atoms with Crippen molar-refractivity contribution < 1.29 is 9.59 Å². The lowest BCUT2D eigenvalue weighted by Crippen LogP contribution is -2.47. The van der Waals surface area contributed by atoms with E-state index >= 15 is 0 Å². The molecule has 26 heavy (non-hydrogen) atoms. The molecule has 0 unspecified atom stereocenters. The zero-order chi connectivity index (χ0) is 18.4. The molecule has 5 heteroatoms. The standard InChI is InChI=1S/C21H23N3O2/c1-16(23-20(25)12-9-17-6-3-2-4-7-17)21(26)24(19-10-11-19)15-18-8-5-13-22-14-18/h2-9,12-14,16,19H,10-11,15H2,1H3,(H,23,25)/b12-9+/t16-/m0/s1. The fraction of sp³-hybridized carbons (Fsp3) is 0.286. The maximum absolute atomic E-state index is 12.8. The largest absolute Gasteiger partial charge is 0.341 e. The summed E-state index contributed by atoms with van der Waals surface area (Å²) in [7, 11) is 0. The van der Waals surface area contributed by atoms with Gasteiger partial charge in [0.1, 0.15) is 6.04 Å². The van der Waals surface area contributed by atoms with E-state index in [0.717, 1.165) is 24.0 Å². The minimum atomic E-state index is -0.569. The highest BCUT2D eigenvalue weighted by Gasteiger charge is 2.34. The number of carbonyl (C=O) groups is 2. The lowest BCUT2D eigenvalue weighted by molar-refractivity contribution is -0.136. The van der Waals surface area contributed by atoms with E-state index in [4.69, 9.17) is 0 Å². The van der Waals surface area contributed by atoms with Crippen molar-refractivity contribution in [3.63, 3.8) is 0 Å². The van der Waals surface area contributed by atoms with Crippen LogP contribution in [0, 0.1) is 0 Å². The molecular formula is C21H23N3O2. The Labute approximate surface area is 153 Å². The quantitative estimate of drug-likeness (QED) is 0.782. The van der Waals surface area contributed by atoms with Gasteiger partial charge in [-0.1, -0.05) is 36.4 Å². The Morgan fingerprint density at radius 1 is 1.23 bits per heavy atom. The van der Waals surface area contributed by atoms with Crippen molar-refractivity contribution in [3.8, 4) is 0 Å². The first kappa shape index (κ1) is 17.9. The molecule has 0 saturated heterocycles. The molecule has 0 bridgehead atoms. The summed E-state index contributed by atoms with van der Waals surface area (Å²) in [5, 5.41) is 2.77. The molecule has 0 radical (unpaired) electrons. The number of rotatable bonds is 7. The lowest BCUT2D eigenvalue weighted by Gasteiger charge is -2.26. The third kappa shape index (κ3) is 5.02. The van der Waals surface area contributed by atoms with E-state index in [-0.39, 0.29) is 17.9 Å². The van der Waals surface area contributed by atoms with Crippen LogP contribution in [-0.2, 0) is 16.1 Å². The molecule has 2 amide bonds. The van der Waals surface area contributed by atoms with Gasteiger partial charge < -0.3 is 10.2 Å². The van der Waals surface area contributed by atoms with E-state index in [1.54, 1.807) is 25.4 Å². The Morgan fingerprint density at radius 2 is 2.00 bits per heavy atom. The molecule has 0 spiro atoms. The van der Waals surface area contributed by atoms with Gasteiger partial charge in [-0.05, 0) is 43.0 Å². The number of hydrogen-bond acceptors (Lipinski definition) is 3. The van der Waals surface area contributed by atoms with Crippen LogP contribution < -0.4 is 5.32 Å². The smallest absolute Gasteiger partial charge is 0.245 e. The molecule has 1 heterocycles.